The summed E-state index contributed by atoms with van der Waals surface area (Å²) >= 11 is 0. The quantitative estimate of drug-likeness (QED) is 0.850. The Morgan fingerprint density at radius 1 is 1.42 bits per heavy atom. The first kappa shape index (κ1) is 18.5. The van der Waals surface area contributed by atoms with Crippen molar-refractivity contribution in [1.82, 2.24) is 9.80 Å². The van der Waals surface area contributed by atoms with Crippen LogP contribution in [0.5, 0.6) is 5.75 Å². The number of benzene rings is 1. The van der Waals surface area contributed by atoms with Crippen LogP contribution in [-0.2, 0) is 11.0 Å². The van der Waals surface area contributed by atoms with Crippen LogP contribution in [0.4, 0.5) is 13.2 Å². The minimum Gasteiger partial charge on any atom is -0.490 e. The molecule has 8 heteroatoms. The minimum atomic E-state index is -4.51. The van der Waals surface area contributed by atoms with Gasteiger partial charge in [-0.25, -0.2) is 0 Å². The van der Waals surface area contributed by atoms with E-state index in [1.807, 2.05) is 0 Å². The van der Waals surface area contributed by atoms with Crippen LogP contribution in [0, 0.1) is 0 Å². The van der Waals surface area contributed by atoms with E-state index in [9.17, 15) is 23.1 Å². The number of hydrogen-bond acceptors (Lipinski definition) is 4. The maximum absolute atomic E-state index is 12.9. The molecular weight excluding hydrogens is 325 g/mol. The highest BCUT2D eigenvalue weighted by molar-refractivity contribution is 5.83. The van der Waals surface area contributed by atoms with E-state index in [2.05, 4.69) is 0 Å². The summed E-state index contributed by atoms with van der Waals surface area (Å²) in [6.07, 6.45) is -4.86. The summed E-state index contributed by atoms with van der Waals surface area (Å²) < 4.78 is 43.8. The van der Waals surface area contributed by atoms with Crippen molar-refractivity contribution in [3.63, 3.8) is 0 Å². The second-order valence-corrected chi connectivity index (χ2v) is 5.96. The fraction of sp³-hybridized carbons (Fsp3) is 0.562. The molecule has 134 valence electrons. The zero-order chi connectivity index (χ0) is 17.9. The van der Waals surface area contributed by atoms with Gasteiger partial charge in [0.25, 0.3) is 0 Å². The molecule has 1 aromatic rings. The lowest BCUT2D eigenvalue weighted by atomic mass is 10.2. The first-order chi connectivity index (χ1) is 11.2. The van der Waals surface area contributed by atoms with E-state index in [0.29, 0.717) is 13.0 Å². The number of nitrogens with zero attached hydrogens (tertiary/aromatic N) is 2. The van der Waals surface area contributed by atoms with Gasteiger partial charge in [0.2, 0.25) is 5.91 Å². The van der Waals surface area contributed by atoms with Crippen LogP contribution in [0.2, 0.25) is 0 Å². The van der Waals surface area contributed by atoms with Gasteiger partial charge in [0.05, 0.1) is 11.6 Å². The van der Waals surface area contributed by atoms with Crippen LogP contribution in [0.3, 0.4) is 0 Å². The third-order valence-corrected chi connectivity index (χ3v) is 4.05. The molecular formula is C16H21F3N2O3. The molecule has 1 aromatic carbocycles. The fourth-order valence-electron chi connectivity index (χ4n) is 2.74. The molecule has 1 heterocycles. The molecule has 2 atom stereocenters. The molecule has 24 heavy (non-hydrogen) atoms. The third kappa shape index (κ3) is 4.39. The number of alkyl halides is 3. The van der Waals surface area contributed by atoms with Crippen molar-refractivity contribution in [2.45, 2.75) is 24.7 Å². The third-order valence-electron chi connectivity index (χ3n) is 4.05. The fourth-order valence-corrected chi connectivity index (χ4v) is 2.74. The number of carbonyl (C=O) groups excluding carboxylic acids is 1. The van der Waals surface area contributed by atoms with Crippen molar-refractivity contribution < 1.29 is 27.8 Å². The summed E-state index contributed by atoms with van der Waals surface area (Å²) in [6, 6.07) is 4.56. The van der Waals surface area contributed by atoms with E-state index in [0.717, 1.165) is 6.07 Å². The molecule has 0 saturated carbocycles. The monoisotopic (exact) mass is 346 g/mol. The largest absolute Gasteiger partial charge is 0.490 e. The van der Waals surface area contributed by atoms with Gasteiger partial charge in [-0.3, -0.25) is 9.69 Å². The number of halogens is 3. The van der Waals surface area contributed by atoms with Gasteiger partial charge in [-0.1, -0.05) is 12.1 Å². The topological polar surface area (TPSA) is 53.0 Å². The van der Waals surface area contributed by atoms with Crippen LogP contribution in [0.1, 0.15) is 12.0 Å². The maximum atomic E-state index is 12.9. The molecule has 2 rings (SSSR count). The average Bonchev–Trinajstić information content (AvgIpc) is 2.84. The molecule has 0 aliphatic carbocycles. The summed E-state index contributed by atoms with van der Waals surface area (Å²) in [7, 11) is 3.42. The van der Waals surface area contributed by atoms with Crippen LogP contribution in [-0.4, -0.2) is 66.8 Å². The Kier molecular flexibility index (Phi) is 5.71. The normalized spacial score (nSPS) is 19.9. The van der Waals surface area contributed by atoms with Crippen molar-refractivity contribution in [2.24, 2.45) is 0 Å². The Bertz CT molecular complexity index is 580. The lowest BCUT2D eigenvalue weighted by Gasteiger charge is -2.25. The van der Waals surface area contributed by atoms with Crippen LogP contribution in [0.25, 0.3) is 0 Å². The van der Waals surface area contributed by atoms with Gasteiger partial charge in [0.1, 0.15) is 18.5 Å². The van der Waals surface area contributed by atoms with Gasteiger partial charge in [0.15, 0.2) is 0 Å². The van der Waals surface area contributed by atoms with E-state index in [1.165, 1.54) is 18.2 Å². The van der Waals surface area contributed by atoms with Crippen molar-refractivity contribution >= 4 is 5.91 Å². The number of rotatable bonds is 6. The smallest absolute Gasteiger partial charge is 0.419 e. The van der Waals surface area contributed by atoms with Crippen LogP contribution < -0.4 is 4.74 Å². The Labute approximate surface area is 138 Å². The lowest BCUT2D eigenvalue weighted by molar-refractivity contribution is -0.139. The lowest BCUT2D eigenvalue weighted by Crippen LogP contribution is -2.43. The summed E-state index contributed by atoms with van der Waals surface area (Å²) in [5.41, 5.74) is -0.877. The Morgan fingerprint density at radius 3 is 2.67 bits per heavy atom. The zero-order valence-corrected chi connectivity index (χ0v) is 13.6. The van der Waals surface area contributed by atoms with Crippen molar-refractivity contribution in [2.75, 3.05) is 33.8 Å². The Balaban J connectivity index is 1.90. The van der Waals surface area contributed by atoms with Crippen molar-refractivity contribution in [1.29, 1.82) is 0 Å². The number of aliphatic hydroxyl groups is 1. The molecule has 1 aliphatic rings. The number of carbonyl (C=O) groups is 1. The molecule has 1 aliphatic heterocycles. The zero-order valence-electron chi connectivity index (χ0n) is 13.6. The first-order valence-electron chi connectivity index (χ1n) is 7.62. The molecule has 1 saturated heterocycles. The molecule has 0 radical (unpaired) electrons. The van der Waals surface area contributed by atoms with Gasteiger partial charge < -0.3 is 14.7 Å². The highest BCUT2D eigenvalue weighted by Crippen LogP contribution is 2.35. The van der Waals surface area contributed by atoms with Gasteiger partial charge in [-0.15, -0.1) is 0 Å². The molecule has 1 amide bonds. The summed E-state index contributed by atoms with van der Waals surface area (Å²) in [4.78, 5) is 15.2. The summed E-state index contributed by atoms with van der Waals surface area (Å²) in [5.74, 6) is -0.337. The number of para-hydroxylation sites is 1. The van der Waals surface area contributed by atoms with Gasteiger partial charge in [0, 0.05) is 20.1 Å². The second-order valence-electron chi connectivity index (χ2n) is 5.96. The summed E-state index contributed by atoms with van der Waals surface area (Å²) in [6.45, 7) is 0.506. The standard InChI is InChI=1S/C16H21F3N2O3/c1-20-8-7-13(15(20)23)21(2)9-11(22)10-24-14-6-4-3-5-12(14)16(17,18)19/h3-6,11,13,22H,7-10H2,1-2H3/t11-,13-/m0/s1. The van der Waals surface area contributed by atoms with Gasteiger partial charge in [-0.2, -0.15) is 13.2 Å². The predicted molar refractivity (Wildman–Crippen MR) is 81.6 cm³/mol. The SMILES string of the molecule is CN1CC[C@H](N(C)C[C@H](O)COc2ccccc2C(F)(F)F)C1=O. The Morgan fingerprint density at radius 2 is 2.08 bits per heavy atom. The van der Waals surface area contributed by atoms with E-state index in [4.69, 9.17) is 4.74 Å². The molecule has 0 unspecified atom stereocenters. The number of likely N-dealkylation sites (N-methyl/N-ethyl adjacent to an activating group) is 2. The second kappa shape index (κ2) is 7.40. The van der Waals surface area contributed by atoms with E-state index in [1.54, 1.807) is 23.9 Å². The van der Waals surface area contributed by atoms with E-state index < -0.39 is 17.8 Å². The van der Waals surface area contributed by atoms with E-state index >= 15 is 0 Å². The number of hydrogen-bond donors (Lipinski definition) is 1. The van der Waals surface area contributed by atoms with Crippen LogP contribution in [0.15, 0.2) is 24.3 Å². The van der Waals surface area contributed by atoms with Crippen molar-refractivity contribution in [3.8, 4) is 5.75 Å². The van der Waals surface area contributed by atoms with E-state index in [-0.39, 0.29) is 30.9 Å². The first-order valence-corrected chi connectivity index (χ1v) is 7.62. The van der Waals surface area contributed by atoms with Gasteiger partial charge >= 0.3 is 6.18 Å². The molecule has 0 spiro atoms. The van der Waals surface area contributed by atoms with Crippen LogP contribution >= 0.6 is 0 Å². The maximum Gasteiger partial charge on any atom is 0.419 e. The van der Waals surface area contributed by atoms with Crippen molar-refractivity contribution in [3.05, 3.63) is 29.8 Å². The average molecular weight is 346 g/mol. The predicted octanol–water partition coefficient (Wildman–Crippen LogP) is 1.61. The molecule has 0 bridgehead atoms. The molecule has 0 aromatic heterocycles. The number of aliphatic hydroxyl groups excluding tert-OH is 1. The molecule has 5 nitrogen and oxygen atoms in total. The van der Waals surface area contributed by atoms with Gasteiger partial charge in [-0.05, 0) is 25.6 Å². The number of ether oxygens (including phenoxy) is 1. The number of amides is 1. The molecule has 1 N–H and O–H groups in total. The highest BCUT2D eigenvalue weighted by atomic mass is 19.4. The number of likely N-dealkylation sites (tertiary alicyclic amines) is 1. The highest BCUT2D eigenvalue weighted by Gasteiger charge is 2.35. The minimum absolute atomic E-state index is 0.0203. The Hall–Kier alpha value is -1.80. The summed E-state index contributed by atoms with van der Waals surface area (Å²) in [5, 5.41) is 10.0. The molecule has 1 fully saturated rings.